The number of carbonyl (C=O) groups excluding carboxylic acids is 6. The van der Waals surface area contributed by atoms with Gasteiger partial charge in [-0.05, 0) is 42.3 Å². The first-order chi connectivity index (χ1) is 46.9. The van der Waals surface area contributed by atoms with E-state index >= 15 is 0 Å². The second kappa shape index (κ2) is 42.2. The summed E-state index contributed by atoms with van der Waals surface area (Å²) in [6, 6.07) is 0.219. The van der Waals surface area contributed by atoms with Gasteiger partial charge in [0.2, 0.25) is 41.3 Å². The molecule has 0 radical (unpaired) electrons. The number of ether oxygens (including phenoxy) is 6. The van der Waals surface area contributed by atoms with Crippen LogP contribution in [-0.2, 0) is 96.5 Å². The third-order valence-corrected chi connectivity index (χ3v) is 17.0. The number of oxazole rings is 2. The fourth-order valence-corrected chi connectivity index (χ4v) is 11.2. The second-order valence-electron chi connectivity index (χ2n) is 21.9. The summed E-state index contributed by atoms with van der Waals surface area (Å²) < 4.78 is 47.4. The highest BCUT2D eigenvalue weighted by molar-refractivity contribution is 7.09. The Kier molecular flexibility index (Phi) is 33.3. The van der Waals surface area contributed by atoms with E-state index in [1.165, 1.54) is 12.7 Å². The summed E-state index contributed by atoms with van der Waals surface area (Å²) in [5.41, 5.74) is 1.78. The highest BCUT2D eigenvalue weighted by atomic mass is 32.1. The molecule has 6 saturated heterocycles. The van der Waals surface area contributed by atoms with Gasteiger partial charge in [0.25, 0.3) is 0 Å². The summed E-state index contributed by atoms with van der Waals surface area (Å²) in [6.45, 7) is 12.6. The lowest BCUT2D eigenvalue weighted by Gasteiger charge is -2.22. The number of H-pyrrole nitrogens is 1. The van der Waals surface area contributed by atoms with Gasteiger partial charge in [0.05, 0.1) is 143 Å². The first-order valence-electron chi connectivity index (χ1n) is 31.5. The molecule has 0 aromatic carbocycles. The van der Waals surface area contributed by atoms with E-state index in [-0.39, 0.29) is 71.7 Å². The molecule has 6 unspecified atom stereocenters. The zero-order valence-corrected chi connectivity index (χ0v) is 56.8. The molecule has 528 valence electrons. The number of imidazole rings is 1. The topological polar surface area (TPSA) is 382 Å². The average molecular weight is 1380 g/mol. The Bertz CT molecular complexity index is 2570. The maximum atomic E-state index is 12.1. The van der Waals surface area contributed by atoms with Gasteiger partial charge < -0.3 is 108 Å². The van der Waals surface area contributed by atoms with Crippen LogP contribution in [0.15, 0.2) is 86.3 Å². The number of aromatic nitrogens is 7. The number of hydrogen-bond acceptors (Lipinski definition) is 29. The quantitative estimate of drug-likeness (QED) is 0.0509. The number of carbonyl (C=O) groups is 6. The highest BCUT2D eigenvalue weighted by Gasteiger charge is 2.32. The first kappa shape index (κ1) is 75.8. The Morgan fingerprint density at radius 1 is 0.458 bits per heavy atom. The van der Waals surface area contributed by atoms with E-state index in [2.05, 4.69) is 67.0 Å². The van der Waals surface area contributed by atoms with Crippen molar-refractivity contribution in [3.8, 4) is 0 Å². The van der Waals surface area contributed by atoms with Crippen molar-refractivity contribution in [3.05, 3.63) is 106 Å². The molecule has 6 aromatic heterocycles. The predicted octanol–water partition coefficient (Wildman–Crippen LogP) is -1.60. The second-order valence-corrected chi connectivity index (χ2v) is 23.8. The molecule has 0 spiro atoms. The highest BCUT2D eigenvalue weighted by Crippen LogP contribution is 2.16. The Labute approximate surface area is 565 Å². The Morgan fingerprint density at radius 2 is 0.906 bits per heavy atom. The van der Waals surface area contributed by atoms with Crippen LogP contribution in [-0.4, -0.2) is 297 Å². The standard InChI is InChI=1S/C10H16N4O2.3C10H15N3O3.2C10H15N3O2S/c1-11-8-7-16-5-4-14(10(8)15)6-9-12-2-3-13-9;1-11-8-7-15-5-3-13(10(8)14)6-9-12-2-4-16-9;1-11-9-6-15-3-2-13(10(9)14)5-8-4-12-7-16-8;1-11-9-7-15-5-4-13(10(9)14)6-8-2-3-12-16-8;1-11-8-7-15-4-3-13(10(8)14)6-9-12-2-5-16-9;1-11-9-6-15-3-2-13(10(9)14)5-8-4-12-7-16-8/h2-3,8,11H,4-7H2,1H3,(H,12,13);2,4,8,11H,3,5-7H2,1H3;4,7,9,11H,2-3,5-6H2,1H3;2-3,9,11H,4-7H2,1H3;2,5,8,11H,3-4,6-7H2,1H3;4,7,9,11H,2-3,5-6H2,1H3. The fraction of sp³-hybridized carbons (Fsp3) is 0.600. The predicted molar refractivity (Wildman–Crippen MR) is 347 cm³/mol. The minimum absolute atomic E-state index is 0.0261. The number of thiazole rings is 2. The molecule has 0 saturated carbocycles. The van der Waals surface area contributed by atoms with Crippen LogP contribution in [0.3, 0.4) is 0 Å². The van der Waals surface area contributed by atoms with E-state index < -0.39 is 0 Å². The summed E-state index contributed by atoms with van der Waals surface area (Å²) in [7, 11) is 10.6. The number of nitrogens with zero attached hydrogens (tertiary/aromatic N) is 12. The van der Waals surface area contributed by atoms with Crippen molar-refractivity contribution >= 4 is 58.1 Å². The maximum absolute atomic E-state index is 12.1. The fourth-order valence-electron chi connectivity index (χ4n) is 9.93. The van der Waals surface area contributed by atoms with E-state index in [9.17, 15) is 28.8 Å². The van der Waals surface area contributed by atoms with Gasteiger partial charge in [0, 0.05) is 80.4 Å². The molecule has 6 atom stereocenters. The van der Waals surface area contributed by atoms with Crippen molar-refractivity contribution in [2.24, 2.45) is 0 Å². The van der Waals surface area contributed by atoms with E-state index in [1.807, 2.05) is 10.3 Å². The zero-order valence-electron chi connectivity index (χ0n) is 55.2. The van der Waals surface area contributed by atoms with Crippen LogP contribution in [0.1, 0.15) is 33.1 Å². The van der Waals surface area contributed by atoms with Crippen molar-refractivity contribution < 1.29 is 70.5 Å². The molecule has 12 rings (SSSR count). The van der Waals surface area contributed by atoms with Crippen molar-refractivity contribution in [1.29, 1.82) is 0 Å². The van der Waals surface area contributed by atoms with Gasteiger partial charge in [-0.3, -0.25) is 33.8 Å². The van der Waals surface area contributed by atoms with Crippen LogP contribution in [0.5, 0.6) is 0 Å². The van der Waals surface area contributed by atoms with Crippen LogP contribution in [0, 0.1) is 0 Å². The van der Waals surface area contributed by atoms with Gasteiger partial charge in [-0.15, -0.1) is 22.7 Å². The molecule has 6 aliphatic rings. The van der Waals surface area contributed by atoms with Crippen LogP contribution in [0.4, 0.5) is 0 Å². The van der Waals surface area contributed by atoms with Crippen molar-refractivity contribution in [2.75, 3.05) is 161 Å². The smallest absolute Gasteiger partial charge is 0.242 e. The van der Waals surface area contributed by atoms with E-state index in [0.29, 0.717) is 175 Å². The lowest BCUT2D eigenvalue weighted by atomic mass is 10.2. The molecular weight excluding hydrogens is 1290 g/mol. The van der Waals surface area contributed by atoms with E-state index in [4.69, 9.17) is 41.8 Å². The van der Waals surface area contributed by atoms with Crippen LogP contribution >= 0.6 is 22.7 Å². The third kappa shape index (κ3) is 24.5. The number of hydrogen-bond donors (Lipinski definition) is 7. The van der Waals surface area contributed by atoms with Crippen molar-refractivity contribution in [3.63, 3.8) is 0 Å². The van der Waals surface area contributed by atoms with E-state index in [0.717, 1.165) is 15.7 Å². The Balaban J connectivity index is 0.000000163. The van der Waals surface area contributed by atoms with Gasteiger partial charge in [0.1, 0.15) is 59.1 Å². The zero-order chi connectivity index (χ0) is 68.3. The van der Waals surface area contributed by atoms with Crippen LogP contribution in [0.25, 0.3) is 0 Å². The first-order valence-corrected chi connectivity index (χ1v) is 33.2. The lowest BCUT2D eigenvalue weighted by molar-refractivity contribution is -0.134. The van der Waals surface area contributed by atoms with Gasteiger partial charge in [-0.25, -0.2) is 19.9 Å². The number of likely N-dealkylation sites (N-methyl/N-ethyl adjacent to an activating group) is 6. The lowest BCUT2D eigenvalue weighted by Crippen LogP contribution is -2.45. The molecule has 12 heterocycles. The molecule has 6 amide bonds. The molecule has 36 heteroatoms. The largest absolute Gasteiger partial charge is 0.447 e. The molecule has 6 fully saturated rings. The van der Waals surface area contributed by atoms with Crippen molar-refractivity contribution in [2.45, 2.75) is 75.5 Å². The number of rotatable bonds is 18. The molecule has 6 aliphatic heterocycles. The van der Waals surface area contributed by atoms with Gasteiger partial charge in [-0.2, -0.15) is 0 Å². The normalized spacial score (nSPS) is 22.2. The molecule has 6 aromatic rings. The number of aromatic amines is 1. The van der Waals surface area contributed by atoms with Crippen LogP contribution in [0.2, 0.25) is 0 Å². The molecule has 7 N–H and O–H groups in total. The maximum Gasteiger partial charge on any atom is 0.242 e. The summed E-state index contributed by atoms with van der Waals surface area (Å²) in [4.78, 5) is 107. The number of nitrogens with one attached hydrogen (secondary N) is 7. The molecule has 0 bridgehead atoms. The minimum atomic E-state index is -0.280. The summed E-state index contributed by atoms with van der Waals surface area (Å²) in [6.07, 6.45) is 14.6. The molecule has 0 aliphatic carbocycles. The van der Waals surface area contributed by atoms with E-state index in [1.54, 1.807) is 144 Å². The summed E-state index contributed by atoms with van der Waals surface area (Å²) in [5.74, 6) is 3.08. The summed E-state index contributed by atoms with van der Waals surface area (Å²) >= 11 is 3.14. The monoisotopic (exact) mass is 1380 g/mol. The SMILES string of the molecule is CNC1COCCN(Cc2ccno2)C1=O.CNC1COCCN(Cc2cnco2)C1=O.CNC1COCCN(Cc2cncs2)C1=O.CNC1COCCN(Cc2ncc[nH]2)C1=O.CNC1COCCN(Cc2ncco2)C1=O.CNC1COCCN(Cc2nccs2)C1=O. The summed E-state index contributed by atoms with van der Waals surface area (Å²) in [5, 5.41) is 24.2. The molecule has 96 heavy (non-hydrogen) atoms. The van der Waals surface area contributed by atoms with Gasteiger partial charge in [-0.1, -0.05) is 5.16 Å². The Morgan fingerprint density at radius 3 is 1.27 bits per heavy atom. The van der Waals surface area contributed by atoms with Crippen LogP contribution < -0.4 is 31.9 Å². The van der Waals surface area contributed by atoms with Gasteiger partial charge >= 0.3 is 0 Å². The average Bonchev–Trinajstić information content (AvgIpc) is 4.24. The Hall–Kier alpha value is -7.56. The number of amides is 6. The third-order valence-electron chi connectivity index (χ3n) is 15.5. The molecule has 34 nitrogen and oxygen atoms in total. The van der Waals surface area contributed by atoms with Gasteiger partial charge in [0.15, 0.2) is 12.2 Å². The van der Waals surface area contributed by atoms with Crippen molar-refractivity contribution in [1.82, 2.24) is 96.4 Å². The molecular formula is C60H91N19O15S2. The minimum Gasteiger partial charge on any atom is -0.447 e.